The number of hydrogen-bond donors (Lipinski definition) is 4. The van der Waals surface area contributed by atoms with Gasteiger partial charge in [0, 0.05) is 36.3 Å². The van der Waals surface area contributed by atoms with Crippen molar-refractivity contribution in [2.75, 3.05) is 18.4 Å². The number of carbonyl (C=O) groups is 1. The second-order valence-electron chi connectivity index (χ2n) is 8.24. The van der Waals surface area contributed by atoms with Gasteiger partial charge in [0.1, 0.15) is 22.9 Å². The molecule has 0 aliphatic carbocycles. The van der Waals surface area contributed by atoms with Crippen molar-refractivity contribution in [3.8, 4) is 22.4 Å². The van der Waals surface area contributed by atoms with E-state index in [9.17, 15) is 9.18 Å². The van der Waals surface area contributed by atoms with Gasteiger partial charge < -0.3 is 15.6 Å². The van der Waals surface area contributed by atoms with E-state index in [0.29, 0.717) is 41.4 Å². The molecule has 0 aliphatic rings. The molecule has 34 heavy (non-hydrogen) atoms. The summed E-state index contributed by atoms with van der Waals surface area (Å²) in [4.78, 5) is 32.7. The first kappa shape index (κ1) is 23.2. The highest BCUT2D eigenvalue weighted by Gasteiger charge is 2.17. The summed E-state index contributed by atoms with van der Waals surface area (Å²) < 4.78 is 14.7. The maximum absolute atomic E-state index is 14.7. The summed E-state index contributed by atoms with van der Waals surface area (Å²) in [6.45, 7) is 8.04. The Kier molecular flexibility index (Phi) is 7.07. The number of imidazole rings is 1. The molecule has 0 radical (unpaired) electrons. The van der Waals surface area contributed by atoms with Gasteiger partial charge in [0.2, 0.25) is 5.95 Å². The van der Waals surface area contributed by atoms with Crippen LogP contribution in [0.25, 0.3) is 33.4 Å². The number of H-pyrrole nitrogens is 1. The average molecular weight is 463 g/mol. The Labute approximate surface area is 196 Å². The smallest absolute Gasteiger partial charge is 0.321 e. The standard InChI is InChI=1S/C24H27FN8O/c1-4-27-24(34)33-23-31-19-9-15(16-11-29-20(30-12-16)13-26-10-14(2)3)8-17(22(19)32-23)21-18(25)6-5-7-28-21/h5-9,11-12,14,26H,4,10,13H2,1-3H3,(H3,27,31,32,33,34). The summed E-state index contributed by atoms with van der Waals surface area (Å²) in [6, 6.07) is 6.17. The number of aromatic nitrogens is 5. The number of anilines is 1. The van der Waals surface area contributed by atoms with Crippen molar-refractivity contribution in [3.05, 3.63) is 54.5 Å². The molecule has 0 bridgehead atoms. The van der Waals surface area contributed by atoms with Crippen LogP contribution in [0.4, 0.5) is 15.1 Å². The molecule has 176 valence electrons. The molecule has 0 aliphatic heterocycles. The second kappa shape index (κ2) is 10.3. The van der Waals surface area contributed by atoms with Gasteiger partial charge in [-0.15, -0.1) is 0 Å². The lowest BCUT2D eigenvalue weighted by atomic mass is 10.0. The van der Waals surface area contributed by atoms with Gasteiger partial charge >= 0.3 is 6.03 Å². The fourth-order valence-electron chi connectivity index (χ4n) is 3.49. The highest BCUT2D eigenvalue weighted by Crippen LogP contribution is 2.33. The number of urea groups is 1. The quantitative estimate of drug-likeness (QED) is 0.313. The third kappa shape index (κ3) is 5.34. The van der Waals surface area contributed by atoms with Crippen LogP contribution in [0.1, 0.15) is 26.6 Å². The summed E-state index contributed by atoms with van der Waals surface area (Å²) in [5.41, 5.74) is 3.30. The maximum atomic E-state index is 14.7. The van der Waals surface area contributed by atoms with Crippen LogP contribution in [-0.2, 0) is 6.54 Å². The van der Waals surface area contributed by atoms with E-state index in [0.717, 1.165) is 17.7 Å². The molecule has 4 N–H and O–H groups in total. The lowest BCUT2D eigenvalue weighted by Gasteiger charge is -2.09. The van der Waals surface area contributed by atoms with E-state index in [4.69, 9.17) is 0 Å². The summed E-state index contributed by atoms with van der Waals surface area (Å²) in [7, 11) is 0. The first-order valence-electron chi connectivity index (χ1n) is 11.2. The molecule has 3 aromatic heterocycles. The zero-order valence-corrected chi connectivity index (χ0v) is 19.3. The molecule has 0 unspecified atom stereocenters. The Morgan fingerprint density at radius 2 is 1.94 bits per heavy atom. The number of benzene rings is 1. The molecule has 0 atom stereocenters. The number of nitrogens with zero attached hydrogens (tertiary/aromatic N) is 4. The van der Waals surface area contributed by atoms with E-state index in [1.54, 1.807) is 18.5 Å². The van der Waals surface area contributed by atoms with Crippen LogP contribution in [0, 0.1) is 11.7 Å². The Hall–Kier alpha value is -3.92. The summed E-state index contributed by atoms with van der Waals surface area (Å²) in [5, 5.41) is 8.63. The van der Waals surface area contributed by atoms with Gasteiger partial charge in [-0.1, -0.05) is 13.8 Å². The predicted molar refractivity (Wildman–Crippen MR) is 130 cm³/mol. The van der Waals surface area contributed by atoms with Crippen molar-refractivity contribution < 1.29 is 9.18 Å². The van der Waals surface area contributed by atoms with Crippen LogP contribution < -0.4 is 16.0 Å². The van der Waals surface area contributed by atoms with Crippen molar-refractivity contribution in [2.24, 2.45) is 5.92 Å². The molecule has 0 fully saturated rings. The number of hydrogen-bond acceptors (Lipinski definition) is 6. The van der Waals surface area contributed by atoms with Crippen molar-refractivity contribution in [1.29, 1.82) is 0 Å². The normalized spacial score (nSPS) is 11.2. The molecular formula is C24H27FN8O. The minimum atomic E-state index is -0.468. The van der Waals surface area contributed by atoms with Crippen LogP contribution in [0.3, 0.4) is 0 Å². The molecule has 0 saturated carbocycles. The Balaban J connectivity index is 1.72. The zero-order valence-electron chi connectivity index (χ0n) is 19.3. The minimum Gasteiger partial charge on any atom is -0.338 e. The SMILES string of the molecule is CCNC(=O)Nc1nc2c(-c3ncccc3F)cc(-c3cnc(CNCC(C)C)nc3)cc2[nH]1. The largest absolute Gasteiger partial charge is 0.338 e. The van der Waals surface area contributed by atoms with E-state index < -0.39 is 5.82 Å². The van der Waals surface area contributed by atoms with Crippen molar-refractivity contribution in [2.45, 2.75) is 27.3 Å². The highest BCUT2D eigenvalue weighted by molar-refractivity contribution is 5.98. The molecule has 10 heteroatoms. The van der Waals surface area contributed by atoms with Gasteiger partial charge in [-0.2, -0.15) is 0 Å². The summed E-state index contributed by atoms with van der Waals surface area (Å²) in [5.74, 6) is 1.01. The van der Waals surface area contributed by atoms with Crippen LogP contribution in [-0.4, -0.2) is 44.0 Å². The van der Waals surface area contributed by atoms with Crippen LogP contribution in [0.2, 0.25) is 0 Å². The monoisotopic (exact) mass is 462 g/mol. The molecule has 1 aromatic carbocycles. The van der Waals surface area contributed by atoms with Crippen LogP contribution >= 0.6 is 0 Å². The Morgan fingerprint density at radius 3 is 2.65 bits per heavy atom. The number of nitrogens with one attached hydrogen (secondary N) is 4. The average Bonchev–Trinajstić information content (AvgIpc) is 3.21. The number of rotatable bonds is 8. The fraction of sp³-hybridized carbons (Fsp3) is 0.292. The third-order valence-electron chi connectivity index (χ3n) is 5.04. The van der Waals surface area contributed by atoms with Gasteiger partial charge in [-0.25, -0.2) is 24.1 Å². The predicted octanol–water partition coefficient (Wildman–Crippen LogP) is 4.11. The van der Waals surface area contributed by atoms with Crippen molar-refractivity contribution in [1.82, 2.24) is 35.6 Å². The molecular weight excluding hydrogens is 435 g/mol. The highest BCUT2D eigenvalue weighted by atomic mass is 19.1. The number of amides is 2. The molecule has 2 amide bonds. The lowest BCUT2D eigenvalue weighted by Crippen LogP contribution is -2.28. The number of pyridine rings is 1. The van der Waals surface area contributed by atoms with E-state index >= 15 is 0 Å². The third-order valence-corrected chi connectivity index (χ3v) is 5.04. The van der Waals surface area contributed by atoms with Crippen molar-refractivity contribution in [3.63, 3.8) is 0 Å². The van der Waals surface area contributed by atoms with Gasteiger partial charge in [-0.3, -0.25) is 10.3 Å². The van der Waals surface area contributed by atoms with Gasteiger partial charge in [0.25, 0.3) is 0 Å². The number of halogens is 1. The minimum absolute atomic E-state index is 0.167. The summed E-state index contributed by atoms with van der Waals surface area (Å²) >= 11 is 0. The molecule has 9 nitrogen and oxygen atoms in total. The maximum Gasteiger partial charge on any atom is 0.321 e. The molecule has 3 heterocycles. The zero-order chi connectivity index (χ0) is 24.1. The number of fused-ring (bicyclic) bond motifs is 1. The first-order chi connectivity index (χ1) is 16.4. The van der Waals surface area contributed by atoms with E-state index in [1.807, 2.05) is 13.0 Å². The molecule has 0 saturated heterocycles. The van der Waals surface area contributed by atoms with Gasteiger partial charge in [-0.05, 0) is 49.2 Å². The molecule has 4 rings (SSSR count). The molecule has 4 aromatic rings. The Morgan fingerprint density at radius 1 is 1.15 bits per heavy atom. The molecule has 0 spiro atoms. The Bertz CT molecular complexity index is 1290. The van der Waals surface area contributed by atoms with E-state index in [-0.39, 0.29) is 17.7 Å². The van der Waals surface area contributed by atoms with E-state index in [1.165, 1.54) is 18.3 Å². The van der Waals surface area contributed by atoms with Crippen LogP contribution in [0.15, 0.2) is 42.9 Å². The van der Waals surface area contributed by atoms with Crippen LogP contribution in [0.5, 0.6) is 0 Å². The lowest BCUT2D eigenvalue weighted by molar-refractivity contribution is 0.252. The number of carbonyl (C=O) groups excluding carboxylic acids is 1. The fourth-order valence-corrected chi connectivity index (χ4v) is 3.49. The van der Waals surface area contributed by atoms with E-state index in [2.05, 4.69) is 54.7 Å². The van der Waals surface area contributed by atoms with Gasteiger partial charge in [0.05, 0.1) is 12.1 Å². The van der Waals surface area contributed by atoms with Crippen molar-refractivity contribution >= 4 is 23.0 Å². The topological polar surface area (TPSA) is 121 Å². The second-order valence-corrected chi connectivity index (χ2v) is 8.24. The summed E-state index contributed by atoms with van der Waals surface area (Å²) in [6.07, 6.45) is 5.01. The number of aromatic amines is 1. The first-order valence-corrected chi connectivity index (χ1v) is 11.2. The van der Waals surface area contributed by atoms with Gasteiger partial charge in [0.15, 0.2) is 0 Å².